The molecule has 0 aromatic heterocycles. The molecular weight excluding hydrogens is 461 g/mol. The molecule has 0 unspecified atom stereocenters. The molecule has 0 rings (SSSR count). The van der Waals surface area contributed by atoms with Crippen molar-refractivity contribution in [3.8, 4) is 0 Å². The zero-order valence-electron chi connectivity index (χ0n) is 21.4. The van der Waals surface area contributed by atoms with E-state index in [1.807, 2.05) is 0 Å². The third kappa shape index (κ3) is 49.4. The molecule has 1 radical (unpaired) electrons. The van der Waals surface area contributed by atoms with Gasteiger partial charge in [0.25, 0.3) is 0 Å². The van der Waals surface area contributed by atoms with Gasteiger partial charge in [0.05, 0.1) is 0 Å². The van der Waals surface area contributed by atoms with Gasteiger partial charge in [-0.25, -0.2) is 0 Å². The predicted octanol–water partition coefficient (Wildman–Crippen LogP) is 3.21. The molecule has 0 aliphatic carbocycles. The van der Waals surface area contributed by atoms with Gasteiger partial charge in [0.1, 0.15) is 0 Å². The molecular formula is C26H56Cl2NOTi. The Balaban J connectivity index is -0.000000142. The molecule has 0 heterocycles. The number of hydrogen-bond donors (Lipinski definition) is 1. The maximum Gasteiger partial charge on any atom is 3.00 e. The average molecular weight is 518 g/mol. The molecule has 5 heteroatoms. The maximum absolute atomic E-state index is 8.51. The number of aliphatic hydroxyl groups is 1. The summed E-state index contributed by atoms with van der Waals surface area (Å²) in [6.45, 7) is 9.38. The molecule has 0 spiro atoms. The van der Waals surface area contributed by atoms with Crippen LogP contribution in [0.1, 0.15) is 149 Å². The first-order valence-electron chi connectivity index (χ1n) is 13.1. The summed E-state index contributed by atoms with van der Waals surface area (Å²) >= 11 is 0. The van der Waals surface area contributed by atoms with Crippen molar-refractivity contribution in [1.29, 1.82) is 0 Å². The average Bonchev–Trinajstić information content (AvgIpc) is 2.71. The fourth-order valence-electron chi connectivity index (χ4n) is 3.37. The second kappa shape index (κ2) is 44.8. The molecule has 0 bridgehead atoms. The van der Waals surface area contributed by atoms with E-state index in [-0.39, 0.29) is 46.5 Å². The summed E-state index contributed by atoms with van der Waals surface area (Å²) in [7, 11) is 0. The van der Waals surface area contributed by atoms with E-state index in [1.165, 1.54) is 122 Å². The van der Waals surface area contributed by atoms with Crippen LogP contribution in [-0.2, 0) is 21.7 Å². The molecule has 0 aromatic carbocycles. The minimum absolute atomic E-state index is 0. The minimum Gasteiger partial charge on any atom is -1.00 e. The molecule has 189 valence electrons. The number of aliphatic hydroxyl groups excluding tert-OH is 1. The van der Waals surface area contributed by atoms with E-state index < -0.39 is 0 Å². The van der Waals surface area contributed by atoms with E-state index in [4.69, 9.17) is 5.11 Å². The van der Waals surface area contributed by atoms with E-state index in [9.17, 15) is 0 Å². The second-order valence-electron chi connectivity index (χ2n) is 8.40. The van der Waals surface area contributed by atoms with Gasteiger partial charge in [0.2, 0.25) is 0 Å². The van der Waals surface area contributed by atoms with Crippen LogP contribution in [0.2, 0.25) is 0 Å². The SMILES string of the molecule is CCCCCCCCCCO.CCCCCCCC[N-]CCCCCCCC.[Cl-].[Cl-].[Ti+3]. The molecule has 0 atom stereocenters. The van der Waals surface area contributed by atoms with Crippen molar-refractivity contribution in [2.75, 3.05) is 19.7 Å². The Bertz CT molecular complexity index is 227. The fraction of sp³-hybridized carbons (Fsp3) is 1.00. The van der Waals surface area contributed by atoms with Crippen LogP contribution < -0.4 is 24.8 Å². The first-order chi connectivity index (χ1) is 13.8. The van der Waals surface area contributed by atoms with Crippen molar-refractivity contribution >= 4 is 0 Å². The van der Waals surface area contributed by atoms with Gasteiger partial charge < -0.3 is 35.2 Å². The van der Waals surface area contributed by atoms with Gasteiger partial charge in [-0.15, -0.1) is 13.1 Å². The van der Waals surface area contributed by atoms with Crippen LogP contribution in [-0.4, -0.2) is 24.8 Å². The number of hydrogen-bond acceptors (Lipinski definition) is 1. The quantitative estimate of drug-likeness (QED) is 0.174. The monoisotopic (exact) mass is 516 g/mol. The standard InChI is InChI=1S/C16H34N.C10H22O.2ClH.Ti/c1-3-5-7-9-11-13-15-17-16-14-12-10-8-6-4-2;1-2-3-4-5-6-7-8-9-10-11;;;/h3-16H2,1-2H3;11H,2-10H2,1H3;2*1H;/q-1;;;;+3/p-2. The van der Waals surface area contributed by atoms with Crippen molar-refractivity contribution in [3.05, 3.63) is 5.32 Å². The zero-order chi connectivity index (χ0) is 21.0. The normalized spacial score (nSPS) is 9.68. The number of nitrogens with zero attached hydrogens (tertiary/aromatic N) is 1. The van der Waals surface area contributed by atoms with E-state index in [0.717, 1.165) is 19.5 Å². The van der Waals surface area contributed by atoms with Gasteiger partial charge in [-0.3, -0.25) is 0 Å². The van der Waals surface area contributed by atoms with Crippen molar-refractivity contribution in [1.82, 2.24) is 0 Å². The number of unbranched alkanes of at least 4 members (excludes halogenated alkanes) is 17. The fourth-order valence-corrected chi connectivity index (χ4v) is 3.37. The van der Waals surface area contributed by atoms with Crippen LogP contribution in [0.3, 0.4) is 0 Å². The van der Waals surface area contributed by atoms with Crippen molar-refractivity contribution < 1.29 is 51.6 Å². The topological polar surface area (TPSA) is 34.3 Å². The van der Waals surface area contributed by atoms with Gasteiger partial charge in [-0.05, 0) is 6.42 Å². The molecule has 0 amide bonds. The first-order valence-corrected chi connectivity index (χ1v) is 13.1. The zero-order valence-corrected chi connectivity index (χ0v) is 24.5. The summed E-state index contributed by atoms with van der Waals surface area (Å²) in [6, 6.07) is 0. The van der Waals surface area contributed by atoms with Crippen LogP contribution in [0.15, 0.2) is 0 Å². The molecule has 0 aromatic rings. The van der Waals surface area contributed by atoms with Gasteiger partial charge in [-0.2, -0.15) is 0 Å². The Morgan fingerprint density at radius 2 is 0.677 bits per heavy atom. The largest absolute Gasteiger partial charge is 3.00 e. The predicted molar refractivity (Wildman–Crippen MR) is 130 cm³/mol. The number of rotatable bonds is 22. The Morgan fingerprint density at radius 1 is 0.419 bits per heavy atom. The van der Waals surface area contributed by atoms with Gasteiger partial charge in [0, 0.05) is 6.61 Å². The van der Waals surface area contributed by atoms with Crippen molar-refractivity contribution in [2.45, 2.75) is 149 Å². The minimum atomic E-state index is 0. The summed E-state index contributed by atoms with van der Waals surface area (Å²) in [5.74, 6) is 0. The summed E-state index contributed by atoms with van der Waals surface area (Å²) in [6.07, 6.45) is 27.0. The number of halogens is 2. The Labute approximate surface area is 225 Å². The third-order valence-corrected chi connectivity index (χ3v) is 5.35. The Morgan fingerprint density at radius 3 is 0.968 bits per heavy atom. The Kier molecular flexibility index (Phi) is 61.3. The molecule has 2 nitrogen and oxygen atoms in total. The summed E-state index contributed by atoms with van der Waals surface area (Å²) in [5.41, 5.74) is 0. The molecule has 1 N–H and O–H groups in total. The third-order valence-electron chi connectivity index (χ3n) is 5.35. The van der Waals surface area contributed by atoms with Crippen molar-refractivity contribution in [3.63, 3.8) is 0 Å². The molecule has 0 aliphatic heterocycles. The van der Waals surface area contributed by atoms with Crippen LogP contribution in [0.5, 0.6) is 0 Å². The van der Waals surface area contributed by atoms with Crippen LogP contribution >= 0.6 is 0 Å². The molecule has 0 saturated heterocycles. The van der Waals surface area contributed by atoms with Crippen LogP contribution in [0, 0.1) is 0 Å². The van der Waals surface area contributed by atoms with Crippen LogP contribution in [0.25, 0.3) is 5.32 Å². The molecule has 0 saturated carbocycles. The summed E-state index contributed by atoms with van der Waals surface area (Å²) in [4.78, 5) is 0. The van der Waals surface area contributed by atoms with Gasteiger partial charge in [-0.1, -0.05) is 143 Å². The second-order valence-corrected chi connectivity index (χ2v) is 8.40. The van der Waals surface area contributed by atoms with Crippen LogP contribution in [0.4, 0.5) is 0 Å². The van der Waals surface area contributed by atoms with Gasteiger partial charge in [0.15, 0.2) is 0 Å². The van der Waals surface area contributed by atoms with E-state index in [0.29, 0.717) is 6.61 Å². The van der Waals surface area contributed by atoms with E-state index >= 15 is 0 Å². The summed E-state index contributed by atoms with van der Waals surface area (Å²) in [5, 5.41) is 13.1. The molecule has 0 aliphatic rings. The van der Waals surface area contributed by atoms with E-state index in [2.05, 4.69) is 26.1 Å². The van der Waals surface area contributed by atoms with Gasteiger partial charge >= 0.3 is 21.7 Å². The first kappa shape index (κ1) is 42.4. The maximum atomic E-state index is 8.51. The van der Waals surface area contributed by atoms with Crippen molar-refractivity contribution in [2.24, 2.45) is 0 Å². The molecule has 31 heavy (non-hydrogen) atoms. The molecule has 0 fully saturated rings. The van der Waals surface area contributed by atoms with E-state index in [1.54, 1.807) is 0 Å². The summed E-state index contributed by atoms with van der Waals surface area (Å²) < 4.78 is 0. The smallest absolute Gasteiger partial charge is 1.00 e. The Hall–Kier alpha value is 1.21.